The van der Waals surface area contributed by atoms with Crippen LogP contribution in [0.5, 0.6) is 0 Å². The molecule has 0 aliphatic heterocycles. The fourth-order valence-electron chi connectivity index (χ4n) is 3.00. The lowest BCUT2D eigenvalue weighted by molar-refractivity contribution is -0.122. The number of pyridine rings is 1. The van der Waals surface area contributed by atoms with Crippen molar-refractivity contribution < 1.29 is 18.3 Å². The molecule has 4 aromatic rings. The standard InChI is InChI=1S/C20H18N4O4S2/c1-11(25)18(21)19(26)24-30(27,28)20-23-16-8-12(6-7-17(16)29-20)15-10-22-9-13-4-2-3-5-14(13)15/h2-11,18,25H,21H2,1H3,(H,24,26)/t11-,18+/m1/s1. The van der Waals surface area contributed by atoms with E-state index in [1.54, 1.807) is 24.5 Å². The molecule has 4 rings (SSSR count). The van der Waals surface area contributed by atoms with Crippen molar-refractivity contribution in [2.45, 2.75) is 23.4 Å². The highest BCUT2D eigenvalue weighted by molar-refractivity contribution is 7.92. The van der Waals surface area contributed by atoms with Gasteiger partial charge in [-0.2, -0.15) is 8.42 Å². The average molecular weight is 443 g/mol. The van der Waals surface area contributed by atoms with Gasteiger partial charge < -0.3 is 10.8 Å². The molecule has 0 bridgehead atoms. The smallest absolute Gasteiger partial charge is 0.291 e. The molecular formula is C20H18N4O4S2. The van der Waals surface area contributed by atoms with Gasteiger partial charge in [0.2, 0.25) is 4.34 Å². The van der Waals surface area contributed by atoms with E-state index in [1.807, 2.05) is 35.1 Å². The van der Waals surface area contributed by atoms with Gasteiger partial charge in [-0.05, 0) is 30.0 Å². The summed E-state index contributed by atoms with van der Waals surface area (Å²) in [6.45, 7) is 1.30. The number of nitrogens with two attached hydrogens (primary N) is 1. The highest BCUT2D eigenvalue weighted by Gasteiger charge is 2.27. The Morgan fingerprint density at radius 2 is 1.97 bits per heavy atom. The number of aliphatic hydroxyl groups is 1. The van der Waals surface area contributed by atoms with E-state index in [9.17, 15) is 18.3 Å². The monoisotopic (exact) mass is 442 g/mol. The number of thiazole rings is 1. The Bertz CT molecular complexity index is 1360. The largest absolute Gasteiger partial charge is 0.391 e. The van der Waals surface area contributed by atoms with Gasteiger partial charge in [-0.3, -0.25) is 9.78 Å². The number of nitrogens with one attached hydrogen (secondary N) is 1. The van der Waals surface area contributed by atoms with E-state index in [2.05, 4.69) is 9.97 Å². The van der Waals surface area contributed by atoms with Crippen LogP contribution in [0, 0.1) is 0 Å². The SMILES string of the molecule is C[C@@H](O)[C@H](N)C(=O)NS(=O)(=O)c1nc2cc(-c3cncc4ccccc34)ccc2s1. The zero-order chi connectivity index (χ0) is 21.5. The van der Waals surface area contributed by atoms with E-state index >= 15 is 0 Å². The van der Waals surface area contributed by atoms with Gasteiger partial charge in [0.15, 0.2) is 0 Å². The Hall–Kier alpha value is -2.92. The van der Waals surface area contributed by atoms with Crippen molar-refractivity contribution in [2.75, 3.05) is 0 Å². The zero-order valence-corrected chi connectivity index (χ0v) is 17.4. The minimum Gasteiger partial charge on any atom is -0.391 e. The van der Waals surface area contributed by atoms with Crippen LogP contribution < -0.4 is 10.5 Å². The first kappa shape index (κ1) is 20.4. The second-order valence-corrected chi connectivity index (χ2v) is 9.69. The maximum atomic E-state index is 12.5. The number of rotatable bonds is 5. The maximum Gasteiger partial charge on any atom is 0.291 e. The van der Waals surface area contributed by atoms with E-state index in [1.165, 1.54) is 6.92 Å². The molecule has 30 heavy (non-hydrogen) atoms. The van der Waals surface area contributed by atoms with Gasteiger partial charge in [-0.1, -0.05) is 30.3 Å². The first-order valence-electron chi connectivity index (χ1n) is 9.00. The van der Waals surface area contributed by atoms with Crippen LogP contribution in [-0.4, -0.2) is 41.5 Å². The number of carbonyl (C=O) groups is 1. The normalized spacial score (nSPS) is 14.0. The number of benzene rings is 2. The van der Waals surface area contributed by atoms with Crippen molar-refractivity contribution in [1.82, 2.24) is 14.7 Å². The van der Waals surface area contributed by atoms with E-state index in [0.29, 0.717) is 10.2 Å². The number of amides is 1. The Kier molecular flexibility index (Phi) is 5.24. The second kappa shape index (κ2) is 7.73. The van der Waals surface area contributed by atoms with Gasteiger partial charge >= 0.3 is 0 Å². The Morgan fingerprint density at radius 3 is 2.73 bits per heavy atom. The lowest BCUT2D eigenvalue weighted by atomic mass is 10.0. The summed E-state index contributed by atoms with van der Waals surface area (Å²) in [5, 5.41) is 11.4. The first-order valence-corrected chi connectivity index (χ1v) is 11.3. The predicted octanol–water partition coefficient (Wildman–Crippen LogP) is 2.02. The van der Waals surface area contributed by atoms with Crippen LogP contribution in [0.1, 0.15) is 6.92 Å². The highest BCUT2D eigenvalue weighted by atomic mass is 32.2. The van der Waals surface area contributed by atoms with Crippen LogP contribution in [0.15, 0.2) is 59.2 Å². The number of aromatic nitrogens is 2. The molecule has 0 unspecified atom stereocenters. The number of aliphatic hydroxyl groups excluding tert-OH is 1. The van der Waals surface area contributed by atoms with Crippen molar-refractivity contribution >= 4 is 48.3 Å². The van der Waals surface area contributed by atoms with E-state index < -0.39 is 28.1 Å². The summed E-state index contributed by atoms with van der Waals surface area (Å²) in [7, 11) is -4.21. The van der Waals surface area contributed by atoms with Crippen LogP contribution >= 0.6 is 11.3 Å². The Morgan fingerprint density at radius 1 is 1.20 bits per heavy atom. The number of hydrogen-bond acceptors (Lipinski definition) is 8. The van der Waals surface area contributed by atoms with Crippen molar-refractivity contribution in [1.29, 1.82) is 0 Å². The molecule has 1 amide bonds. The summed E-state index contributed by atoms with van der Waals surface area (Å²) in [5.74, 6) is -0.994. The lowest BCUT2D eigenvalue weighted by Gasteiger charge is -2.13. The van der Waals surface area contributed by atoms with Crippen LogP contribution in [0.25, 0.3) is 32.1 Å². The molecule has 4 N–H and O–H groups in total. The quantitative estimate of drug-likeness (QED) is 0.430. The van der Waals surface area contributed by atoms with E-state index in [4.69, 9.17) is 5.73 Å². The summed E-state index contributed by atoms with van der Waals surface area (Å²) < 4.78 is 27.3. The fourth-order valence-corrected chi connectivity index (χ4v) is 5.22. The fraction of sp³-hybridized carbons (Fsp3) is 0.150. The zero-order valence-electron chi connectivity index (χ0n) is 15.8. The molecule has 0 fully saturated rings. The molecule has 0 aliphatic rings. The Balaban J connectivity index is 1.72. The maximum absolute atomic E-state index is 12.5. The number of sulfonamides is 1. The lowest BCUT2D eigenvalue weighted by Crippen LogP contribution is -2.48. The molecular weight excluding hydrogens is 424 g/mol. The van der Waals surface area contributed by atoms with Gasteiger partial charge in [0.05, 0.1) is 16.3 Å². The molecule has 0 saturated carbocycles. The molecule has 2 aromatic heterocycles. The molecule has 0 aliphatic carbocycles. The van der Waals surface area contributed by atoms with Crippen LogP contribution in [0.3, 0.4) is 0 Å². The topological polar surface area (TPSA) is 135 Å². The summed E-state index contributed by atoms with van der Waals surface area (Å²) >= 11 is 0.941. The number of fused-ring (bicyclic) bond motifs is 2. The Labute approximate surface area is 176 Å². The molecule has 10 heteroatoms. The number of nitrogens with zero attached hydrogens (tertiary/aromatic N) is 2. The molecule has 8 nitrogen and oxygen atoms in total. The second-order valence-electron chi connectivity index (χ2n) is 6.81. The van der Waals surface area contributed by atoms with Crippen molar-refractivity contribution in [3.63, 3.8) is 0 Å². The van der Waals surface area contributed by atoms with E-state index in [0.717, 1.165) is 33.2 Å². The minimum atomic E-state index is -4.21. The average Bonchev–Trinajstić information content (AvgIpc) is 3.16. The van der Waals surface area contributed by atoms with Gasteiger partial charge in [0.1, 0.15) is 6.04 Å². The molecule has 0 spiro atoms. The number of carbonyl (C=O) groups excluding carboxylic acids is 1. The van der Waals surface area contributed by atoms with Gasteiger partial charge in [0, 0.05) is 23.3 Å². The predicted molar refractivity (Wildman–Crippen MR) is 115 cm³/mol. The first-order chi connectivity index (χ1) is 14.3. The molecule has 0 saturated heterocycles. The van der Waals surface area contributed by atoms with E-state index in [-0.39, 0.29) is 4.34 Å². The van der Waals surface area contributed by atoms with Crippen LogP contribution in [-0.2, 0) is 14.8 Å². The van der Waals surface area contributed by atoms with Crippen molar-refractivity contribution in [2.24, 2.45) is 5.73 Å². The van der Waals surface area contributed by atoms with Gasteiger partial charge in [0.25, 0.3) is 15.9 Å². The summed E-state index contributed by atoms with van der Waals surface area (Å²) in [6.07, 6.45) is 2.35. The number of hydrogen-bond donors (Lipinski definition) is 3. The summed E-state index contributed by atoms with van der Waals surface area (Å²) in [6, 6.07) is 11.9. The molecule has 0 radical (unpaired) electrons. The highest BCUT2D eigenvalue weighted by Crippen LogP contribution is 2.32. The van der Waals surface area contributed by atoms with Crippen molar-refractivity contribution in [3.05, 3.63) is 54.9 Å². The van der Waals surface area contributed by atoms with Gasteiger partial charge in [-0.25, -0.2) is 9.71 Å². The third-order valence-electron chi connectivity index (χ3n) is 4.63. The third kappa shape index (κ3) is 3.77. The van der Waals surface area contributed by atoms with Crippen molar-refractivity contribution in [3.8, 4) is 11.1 Å². The molecule has 2 aromatic carbocycles. The van der Waals surface area contributed by atoms with Crippen LogP contribution in [0.2, 0.25) is 0 Å². The van der Waals surface area contributed by atoms with Gasteiger partial charge in [-0.15, -0.1) is 11.3 Å². The minimum absolute atomic E-state index is 0.253. The molecule has 2 heterocycles. The molecule has 154 valence electrons. The van der Waals surface area contributed by atoms with Crippen LogP contribution in [0.4, 0.5) is 0 Å². The molecule has 2 atom stereocenters. The third-order valence-corrected chi connectivity index (χ3v) is 7.39. The summed E-state index contributed by atoms with van der Waals surface area (Å²) in [4.78, 5) is 20.4. The summed E-state index contributed by atoms with van der Waals surface area (Å²) in [5.41, 5.74) is 7.74.